The van der Waals surface area contributed by atoms with E-state index in [1.807, 2.05) is 37.3 Å². The van der Waals surface area contributed by atoms with Crippen LogP contribution in [0.2, 0.25) is 0 Å². The van der Waals surface area contributed by atoms with Crippen LogP contribution in [0.4, 0.5) is 5.69 Å². The highest BCUT2D eigenvalue weighted by atomic mass is 16.7. The van der Waals surface area contributed by atoms with Gasteiger partial charge < -0.3 is 19.7 Å². The van der Waals surface area contributed by atoms with E-state index < -0.39 is 12.3 Å². The fraction of sp³-hybridized carbons (Fsp3) is 0.529. The lowest BCUT2D eigenvalue weighted by molar-refractivity contribution is -0.184. The van der Waals surface area contributed by atoms with Crippen molar-refractivity contribution >= 4 is 17.5 Å². The summed E-state index contributed by atoms with van der Waals surface area (Å²) in [5, 5.41) is 2.82. The number of carbonyl (C=O) groups is 2. The number of hydrogen-bond acceptors (Lipinski definition) is 4. The Morgan fingerprint density at radius 1 is 1.26 bits per heavy atom. The molecule has 1 N–H and O–H groups in total. The fourth-order valence-electron chi connectivity index (χ4n) is 3.08. The highest BCUT2D eigenvalue weighted by molar-refractivity contribution is 6.02. The topological polar surface area (TPSA) is 67.9 Å². The number of anilines is 1. The van der Waals surface area contributed by atoms with Crippen molar-refractivity contribution in [2.45, 2.75) is 44.6 Å². The van der Waals surface area contributed by atoms with Gasteiger partial charge in [0.05, 0.1) is 19.6 Å². The molecule has 2 atom stereocenters. The molecule has 2 heterocycles. The van der Waals surface area contributed by atoms with E-state index >= 15 is 0 Å². The molecule has 0 aromatic heterocycles. The van der Waals surface area contributed by atoms with Gasteiger partial charge in [-0.3, -0.25) is 9.59 Å². The van der Waals surface area contributed by atoms with Crippen molar-refractivity contribution in [1.29, 1.82) is 0 Å². The monoisotopic (exact) mass is 318 g/mol. The average molecular weight is 318 g/mol. The van der Waals surface area contributed by atoms with E-state index in [1.165, 1.54) is 0 Å². The summed E-state index contributed by atoms with van der Waals surface area (Å²) in [6.07, 6.45) is 1.08. The number of ether oxygens (including phenoxy) is 2. The molecule has 2 fully saturated rings. The zero-order valence-electron chi connectivity index (χ0n) is 13.2. The van der Waals surface area contributed by atoms with Crippen molar-refractivity contribution < 1.29 is 19.1 Å². The number of hydrogen-bond donors (Lipinski definition) is 1. The third-order valence-corrected chi connectivity index (χ3v) is 4.17. The van der Waals surface area contributed by atoms with Gasteiger partial charge in [-0.25, -0.2) is 0 Å². The number of carbonyl (C=O) groups excluding carboxylic acids is 2. The molecular weight excluding hydrogens is 296 g/mol. The van der Waals surface area contributed by atoms with Crippen LogP contribution in [0.25, 0.3) is 0 Å². The Morgan fingerprint density at radius 2 is 1.96 bits per heavy atom. The van der Waals surface area contributed by atoms with E-state index in [0.717, 1.165) is 12.1 Å². The van der Waals surface area contributed by atoms with Crippen LogP contribution in [0.5, 0.6) is 0 Å². The second-order valence-electron chi connectivity index (χ2n) is 5.98. The zero-order chi connectivity index (χ0) is 16.2. The Labute approximate surface area is 135 Å². The number of nitrogens with one attached hydrogen (secondary N) is 1. The third-order valence-electron chi connectivity index (χ3n) is 4.17. The smallest absolute Gasteiger partial charge is 0.249 e. The summed E-state index contributed by atoms with van der Waals surface area (Å²) in [6, 6.07) is 9.10. The average Bonchev–Trinajstić information content (AvgIpc) is 2.83. The minimum absolute atomic E-state index is 0.0531. The van der Waals surface area contributed by atoms with Crippen molar-refractivity contribution in [3.8, 4) is 0 Å². The van der Waals surface area contributed by atoms with Gasteiger partial charge in [0.1, 0.15) is 6.04 Å². The summed E-state index contributed by atoms with van der Waals surface area (Å²) >= 11 is 0. The van der Waals surface area contributed by atoms with Crippen LogP contribution in [0.3, 0.4) is 0 Å². The number of amides is 2. The Kier molecular flexibility index (Phi) is 4.93. The van der Waals surface area contributed by atoms with Gasteiger partial charge in [-0.1, -0.05) is 18.2 Å². The van der Waals surface area contributed by atoms with Gasteiger partial charge in [0, 0.05) is 11.7 Å². The van der Waals surface area contributed by atoms with E-state index in [-0.39, 0.29) is 24.3 Å². The van der Waals surface area contributed by atoms with Gasteiger partial charge in [-0.05, 0) is 31.9 Å². The van der Waals surface area contributed by atoms with Crippen molar-refractivity contribution in [3.05, 3.63) is 30.3 Å². The van der Waals surface area contributed by atoms with Crippen LogP contribution in [0.15, 0.2) is 30.3 Å². The first-order valence-electron chi connectivity index (χ1n) is 8.06. The van der Waals surface area contributed by atoms with Crippen molar-refractivity contribution in [1.82, 2.24) is 5.32 Å². The van der Waals surface area contributed by atoms with Crippen LogP contribution < -0.4 is 10.2 Å². The molecule has 23 heavy (non-hydrogen) atoms. The standard InChI is InChI=1S/C17H22N2O4/c1-12-10-14(17(21)19(12)13-6-3-2-4-7-13)18-15(20)11-16-22-8-5-9-23-16/h2-4,6-7,12,14,16H,5,8-11H2,1H3,(H,18,20). The van der Waals surface area contributed by atoms with E-state index in [1.54, 1.807) is 4.90 Å². The highest BCUT2D eigenvalue weighted by Gasteiger charge is 2.39. The second-order valence-corrected chi connectivity index (χ2v) is 5.98. The first-order chi connectivity index (χ1) is 11.1. The zero-order valence-corrected chi connectivity index (χ0v) is 13.2. The number of nitrogens with zero attached hydrogens (tertiary/aromatic N) is 1. The maximum atomic E-state index is 12.6. The number of benzene rings is 1. The summed E-state index contributed by atoms with van der Waals surface area (Å²) in [6.45, 7) is 3.21. The molecule has 0 aliphatic carbocycles. The molecule has 2 amide bonds. The van der Waals surface area contributed by atoms with Gasteiger partial charge in [0.15, 0.2) is 6.29 Å². The summed E-state index contributed by atoms with van der Waals surface area (Å²) < 4.78 is 10.7. The lowest BCUT2D eigenvalue weighted by Crippen LogP contribution is -2.43. The fourth-order valence-corrected chi connectivity index (χ4v) is 3.08. The molecule has 0 saturated carbocycles. The molecule has 0 radical (unpaired) electrons. The molecule has 124 valence electrons. The third kappa shape index (κ3) is 3.71. The van der Waals surface area contributed by atoms with Gasteiger partial charge in [0.25, 0.3) is 0 Å². The Morgan fingerprint density at radius 3 is 2.65 bits per heavy atom. The molecule has 6 nitrogen and oxygen atoms in total. The Bertz CT molecular complexity index is 557. The lowest BCUT2D eigenvalue weighted by atomic mass is 10.2. The predicted molar refractivity (Wildman–Crippen MR) is 84.9 cm³/mol. The molecule has 2 aliphatic rings. The maximum absolute atomic E-state index is 12.6. The largest absolute Gasteiger partial charge is 0.352 e. The maximum Gasteiger partial charge on any atom is 0.249 e. The van der Waals surface area contributed by atoms with Gasteiger partial charge in [-0.2, -0.15) is 0 Å². The van der Waals surface area contributed by atoms with Crippen LogP contribution >= 0.6 is 0 Å². The molecule has 2 saturated heterocycles. The Balaban J connectivity index is 1.58. The molecule has 2 unspecified atom stereocenters. The molecule has 3 rings (SSSR count). The summed E-state index contributed by atoms with van der Waals surface area (Å²) in [4.78, 5) is 26.5. The number of para-hydroxylation sites is 1. The summed E-state index contributed by atoms with van der Waals surface area (Å²) in [5.41, 5.74) is 0.862. The van der Waals surface area contributed by atoms with E-state index in [2.05, 4.69) is 5.32 Å². The molecule has 6 heteroatoms. The van der Waals surface area contributed by atoms with Gasteiger partial charge in [0.2, 0.25) is 11.8 Å². The molecule has 0 bridgehead atoms. The molecule has 1 aromatic rings. The molecule has 2 aliphatic heterocycles. The lowest BCUT2D eigenvalue weighted by Gasteiger charge is -2.23. The van der Waals surface area contributed by atoms with E-state index in [9.17, 15) is 9.59 Å². The van der Waals surface area contributed by atoms with Crippen molar-refractivity contribution in [3.63, 3.8) is 0 Å². The summed E-state index contributed by atoms with van der Waals surface area (Å²) in [5.74, 6) is -0.278. The SMILES string of the molecule is CC1CC(NC(=O)CC2OCCCO2)C(=O)N1c1ccccc1. The van der Waals surface area contributed by atoms with Crippen LogP contribution in [0.1, 0.15) is 26.2 Å². The van der Waals surface area contributed by atoms with Crippen LogP contribution in [-0.2, 0) is 19.1 Å². The first kappa shape index (κ1) is 16.0. The normalized spacial score (nSPS) is 25.6. The van der Waals surface area contributed by atoms with E-state index in [0.29, 0.717) is 19.6 Å². The molecule has 1 aromatic carbocycles. The van der Waals surface area contributed by atoms with Crippen molar-refractivity contribution in [2.24, 2.45) is 0 Å². The minimum atomic E-state index is -0.497. The van der Waals surface area contributed by atoms with Crippen LogP contribution in [0, 0.1) is 0 Å². The number of rotatable bonds is 4. The van der Waals surface area contributed by atoms with Crippen LogP contribution in [-0.4, -0.2) is 43.4 Å². The predicted octanol–water partition coefficient (Wildman–Crippen LogP) is 1.45. The quantitative estimate of drug-likeness (QED) is 0.912. The van der Waals surface area contributed by atoms with Crippen molar-refractivity contribution in [2.75, 3.05) is 18.1 Å². The molecular formula is C17H22N2O4. The molecule has 0 spiro atoms. The second kappa shape index (κ2) is 7.10. The van der Waals surface area contributed by atoms with Gasteiger partial charge in [-0.15, -0.1) is 0 Å². The van der Waals surface area contributed by atoms with Gasteiger partial charge >= 0.3 is 0 Å². The Hall–Kier alpha value is -1.92. The minimum Gasteiger partial charge on any atom is -0.352 e. The van der Waals surface area contributed by atoms with E-state index in [4.69, 9.17) is 9.47 Å². The summed E-state index contributed by atoms with van der Waals surface area (Å²) in [7, 11) is 0. The highest BCUT2D eigenvalue weighted by Crippen LogP contribution is 2.26. The first-order valence-corrected chi connectivity index (χ1v) is 8.06.